The van der Waals surface area contributed by atoms with Gasteiger partial charge in [0.15, 0.2) is 11.6 Å². The van der Waals surface area contributed by atoms with Crippen molar-refractivity contribution in [3.8, 4) is 0 Å². The molecule has 2 rings (SSSR count). The molecule has 1 heterocycles. The van der Waals surface area contributed by atoms with Crippen molar-refractivity contribution in [2.75, 3.05) is 39.8 Å². The molecule has 1 aliphatic heterocycles. The Hall–Kier alpha value is -1.53. The predicted molar refractivity (Wildman–Crippen MR) is 90.8 cm³/mol. The average molecular weight is 339 g/mol. The molecule has 0 spiro atoms. The Labute approximate surface area is 142 Å². The van der Waals surface area contributed by atoms with E-state index in [0.717, 1.165) is 32.2 Å². The predicted octanol–water partition coefficient (Wildman–Crippen LogP) is 1.90. The van der Waals surface area contributed by atoms with E-state index in [1.165, 1.54) is 12.1 Å². The van der Waals surface area contributed by atoms with E-state index in [9.17, 15) is 13.6 Å². The first-order chi connectivity index (χ1) is 11.4. The number of benzene rings is 1. The number of nitrogens with one attached hydrogen (secondary N) is 1. The fourth-order valence-electron chi connectivity index (χ4n) is 3.08. The maximum absolute atomic E-state index is 13.6. The van der Waals surface area contributed by atoms with Gasteiger partial charge in [0.2, 0.25) is 5.91 Å². The van der Waals surface area contributed by atoms with Gasteiger partial charge in [-0.2, -0.15) is 0 Å². The third kappa shape index (κ3) is 4.98. The van der Waals surface area contributed by atoms with Crippen molar-refractivity contribution >= 4 is 5.91 Å². The lowest BCUT2D eigenvalue weighted by atomic mass is 10.0. The molecule has 0 saturated carbocycles. The minimum Gasteiger partial charge on any atom is -0.354 e. The van der Waals surface area contributed by atoms with Gasteiger partial charge in [0.05, 0.1) is 6.42 Å². The first-order valence-corrected chi connectivity index (χ1v) is 8.50. The summed E-state index contributed by atoms with van der Waals surface area (Å²) in [7, 11) is 2.11. The lowest BCUT2D eigenvalue weighted by Crippen LogP contribution is -2.54. The number of piperazine rings is 1. The van der Waals surface area contributed by atoms with Crippen LogP contribution in [0, 0.1) is 17.6 Å². The number of rotatable bonds is 6. The van der Waals surface area contributed by atoms with Crippen LogP contribution < -0.4 is 5.32 Å². The Morgan fingerprint density at radius 1 is 1.21 bits per heavy atom. The fraction of sp³-hybridized carbons (Fsp3) is 0.611. The molecular formula is C18H27F2N3O. The molecule has 0 aliphatic carbocycles. The smallest absolute Gasteiger partial charge is 0.224 e. The highest BCUT2D eigenvalue weighted by Gasteiger charge is 2.25. The van der Waals surface area contributed by atoms with Gasteiger partial charge in [0, 0.05) is 44.3 Å². The number of halogens is 2. The minimum absolute atomic E-state index is 0.0909. The van der Waals surface area contributed by atoms with Gasteiger partial charge in [0.1, 0.15) is 0 Å². The summed E-state index contributed by atoms with van der Waals surface area (Å²) >= 11 is 0. The van der Waals surface area contributed by atoms with Crippen LogP contribution in [0.1, 0.15) is 19.4 Å². The van der Waals surface area contributed by atoms with E-state index >= 15 is 0 Å². The van der Waals surface area contributed by atoms with Crippen molar-refractivity contribution in [1.82, 2.24) is 15.1 Å². The number of nitrogens with zero attached hydrogens (tertiary/aromatic N) is 2. The normalized spacial score (nSPS) is 17.9. The van der Waals surface area contributed by atoms with E-state index in [1.54, 1.807) is 0 Å². The molecule has 1 unspecified atom stereocenters. The maximum Gasteiger partial charge on any atom is 0.224 e. The largest absolute Gasteiger partial charge is 0.354 e. The van der Waals surface area contributed by atoms with E-state index in [1.807, 2.05) is 0 Å². The van der Waals surface area contributed by atoms with Crippen LogP contribution in [0.2, 0.25) is 0 Å². The molecule has 1 aromatic rings. The van der Waals surface area contributed by atoms with Crippen LogP contribution in [0.4, 0.5) is 8.78 Å². The molecule has 4 nitrogen and oxygen atoms in total. The Bertz CT molecular complexity index is 557. The van der Waals surface area contributed by atoms with Crippen molar-refractivity contribution in [3.05, 3.63) is 35.4 Å². The van der Waals surface area contributed by atoms with Crippen LogP contribution in [0.15, 0.2) is 18.2 Å². The SMILES string of the molecule is CC(C)C(CNC(=O)Cc1cccc(F)c1F)N1CCN(C)CC1. The van der Waals surface area contributed by atoms with Crippen LogP contribution in [-0.2, 0) is 11.2 Å². The summed E-state index contributed by atoms with van der Waals surface area (Å²) in [6.07, 6.45) is -0.142. The second-order valence-electron chi connectivity index (χ2n) is 6.84. The molecule has 24 heavy (non-hydrogen) atoms. The summed E-state index contributed by atoms with van der Waals surface area (Å²) in [6.45, 7) is 8.80. The van der Waals surface area contributed by atoms with E-state index < -0.39 is 11.6 Å². The Kier molecular flexibility index (Phi) is 6.69. The molecule has 1 amide bonds. The van der Waals surface area contributed by atoms with Crippen LogP contribution in [0.5, 0.6) is 0 Å². The summed E-state index contributed by atoms with van der Waals surface area (Å²) in [5, 5.41) is 2.88. The summed E-state index contributed by atoms with van der Waals surface area (Å²) in [4.78, 5) is 16.8. The standard InChI is InChI=1S/C18H27F2N3O/c1-13(2)16(23-9-7-22(3)8-10-23)12-21-17(24)11-14-5-4-6-15(19)18(14)20/h4-6,13,16H,7-12H2,1-3H3,(H,21,24). The maximum atomic E-state index is 13.6. The van der Waals surface area contributed by atoms with Crippen molar-refractivity contribution in [2.24, 2.45) is 5.92 Å². The van der Waals surface area contributed by atoms with E-state index in [0.29, 0.717) is 12.5 Å². The zero-order chi connectivity index (χ0) is 17.7. The van der Waals surface area contributed by atoms with E-state index in [-0.39, 0.29) is 23.9 Å². The summed E-state index contributed by atoms with van der Waals surface area (Å²) in [6, 6.07) is 4.17. The van der Waals surface area contributed by atoms with Crippen LogP contribution in [0.3, 0.4) is 0 Å². The Balaban J connectivity index is 1.89. The highest BCUT2D eigenvalue weighted by atomic mass is 19.2. The van der Waals surface area contributed by atoms with Crippen molar-refractivity contribution in [2.45, 2.75) is 26.3 Å². The fourth-order valence-corrected chi connectivity index (χ4v) is 3.08. The molecule has 0 aromatic heterocycles. The van der Waals surface area contributed by atoms with Crippen molar-refractivity contribution in [3.63, 3.8) is 0 Å². The van der Waals surface area contributed by atoms with E-state index in [2.05, 4.69) is 36.0 Å². The average Bonchev–Trinajstić information content (AvgIpc) is 2.53. The number of likely N-dealkylation sites (N-methyl/N-ethyl adjacent to an activating group) is 1. The van der Waals surface area contributed by atoms with Gasteiger partial charge >= 0.3 is 0 Å². The van der Waals surface area contributed by atoms with Crippen molar-refractivity contribution < 1.29 is 13.6 Å². The van der Waals surface area contributed by atoms with Crippen LogP contribution >= 0.6 is 0 Å². The Morgan fingerprint density at radius 2 is 1.88 bits per heavy atom. The van der Waals surface area contributed by atoms with Gasteiger partial charge in [-0.3, -0.25) is 9.69 Å². The molecule has 0 bridgehead atoms. The molecular weight excluding hydrogens is 312 g/mol. The Morgan fingerprint density at radius 3 is 2.50 bits per heavy atom. The third-order valence-electron chi connectivity index (χ3n) is 4.67. The van der Waals surface area contributed by atoms with Gasteiger partial charge < -0.3 is 10.2 Å². The number of hydrogen-bond donors (Lipinski definition) is 1. The number of carbonyl (C=O) groups is 1. The molecule has 1 aromatic carbocycles. The molecule has 1 fully saturated rings. The third-order valence-corrected chi connectivity index (χ3v) is 4.67. The molecule has 1 aliphatic rings. The molecule has 6 heteroatoms. The van der Waals surface area contributed by atoms with Gasteiger partial charge in [-0.05, 0) is 19.0 Å². The zero-order valence-corrected chi connectivity index (χ0v) is 14.7. The lowest BCUT2D eigenvalue weighted by molar-refractivity contribution is -0.120. The first kappa shape index (κ1) is 18.8. The zero-order valence-electron chi connectivity index (χ0n) is 14.7. The van der Waals surface area contributed by atoms with Gasteiger partial charge in [-0.1, -0.05) is 26.0 Å². The number of amides is 1. The highest BCUT2D eigenvalue weighted by Crippen LogP contribution is 2.14. The van der Waals surface area contributed by atoms with Gasteiger partial charge in [-0.15, -0.1) is 0 Å². The minimum atomic E-state index is -0.938. The molecule has 1 N–H and O–H groups in total. The quantitative estimate of drug-likeness (QED) is 0.860. The molecule has 0 radical (unpaired) electrons. The highest BCUT2D eigenvalue weighted by molar-refractivity contribution is 5.78. The topological polar surface area (TPSA) is 35.6 Å². The number of hydrogen-bond acceptors (Lipinski definition) is 3. The molecule has 1 saturated heterocycles. The summed E-state index contributed by atoms with van der Waals surface area (Å²) in [5.74, 6) is -1.73. The van der Waals surface area contributed by atoms with Crippen molar-refractivity contribution in [1.29, 1.82) is 0 Å². The summed E-state index contributed by atoms with van der Waals surface area (Å²) < 4.78 is 26.9. The van der Waals surface area contributed by atoms with Crippen LogP contribution in [-0.4, -0.2) is 61.5 Å². The first-order valence-electron chi connectivity index (χ1n) is 8.50. The lowest BCUT2D eigenvalue weighted by Gasteiger charge is -2.39. The summed E-state index contributed by atoms with van der Waals surface area (Å²) in [5.41, 5.74) is 0.0909. The van der Waals surface area contributed by atoms with Crippen LogP contribution in [0.25, 0.3) is 0 Å². The van der Waals surface area contributed by atoms with Gasteiger partial charge in [-0.25, -0.2) is 8.78 Å². The second-order valence-corrected chi connectivity index (χ2v) is 6.84. The second kappa shape index (κ2) is 8.53. The monoisotopic (exact) mass is 339 g/mol. The number of carbonyl (C=O) groups excluding carboxylic acids is 1. The molecule has 1 atom stereocenters. The molecule has 134 valence electrons. The van der Waals surface area contributed by atoms with E-state index in [4.69, 9.17) is 0 Å². The van der Waals surface area contributed by atoms with Gasteiger partial charge in [0.25, 0.3) is 0 Å².